The van der Waals surface area contributed by atoms with Crippen LogP contribution in [0.5, 0.6) is 0 Å². The number of rotatable bonds is 4. The average Bonchev–Trinajstić information content (AvgIpc) is 3.52. The second-order valence-corrected chi connectivity index (χ2v) is 8.33. The van der Waals surface area contributed by atoms with Crippen LogP contribution >= 0.6 is 0 Å². The minimum Gasteiger partial charge on any atom is -0.353 e. The van der Waals surface area contributed by atoms with Crippen LogP contribution < -0.4 is 5.32 Å². The van der Waals surface area contributed by atoms with Crippen molar-refractivity contribution in [2.24, 2.45) is 5.92 Å². The Bertz CT molecular complexity index is 695. The van der Waals surface area contributed by atoms with Gasteiger partial charge >= 0.3 is 0 Å². The van der Waals surface area contributed by atoms with Crippen LogP contribution in [0.3, 0.4) is 0 Å². The van der Waals surface area contributed by atoms with Crippen LogP contribution in [0.15, 0.2) is 18.5 Å². The summed E-state index contributed by atoms with van der Waals surface area (Å²) in [7, 11) is 0. The van der Waals surface area contributed by atoms with Gasteiger partial charge < -0.3 is 10.2 Å². The summed E-state index contributed by atoms with van der Waals surface area (Å²) < 4.78 is 0. The smallest absolute Gasteiger partial charge is 0.255 e. The molecule has 0 radical (unpaired) electrons. The van der Waals surface area contributed by atoms with Gasteiger partial charge in [0.05, 0.1) is 11.5 Å². The van der Waals surface area contributed by atoms with E-state index in [0.717, 1.165) is 70.3 Å². The van der Waals surface area contributed by atoms with Crippen molar-refractivity contribution in [2.75, 3.05) is 26.2 Å². The Morgan fingerprint density at radius 3 is 2.59 bits per heavy atom. The maximum Gasteiger partial charge on any atom is 0.255 e. The van der Waals surface area contributed by atoms with Crippen LogP contribution in [0, 0.1) is 12.8 Å². The van der Waals surface area contributed by atoms with Crippen LogP contribution in [0.1, 0.15) is 54.4 Å². The van der Waals surface area contributed by atoms with Gasteiger partial charge in [-0.2, -0.15) is 0 Å². The van der Waals surface area contributed by atoms with Gasteiger partial charge in [-0.1, -0.05) is 0 Å². The Morgan fingerprint density at radius 2 is 1.89 bits per heavy atom. The normalized spacial score (nSPS) is 24.6. The van der Waals surface area contributed by atoms with Gasteiger partial charge in [0, 0.05) is 44.1 Å². The van der Waals surface area contributed by atoms with Crippen molar-refractivity contribution in [3.8, 4) is 0 Å². The third-order valence-corrected chi connectivity index (χ3v) is 6.28. The molecule has 3 aliphatic rings. The fraction of sp³-hybridized carbons (Fsp3) is 0.667. The molecule has 6 heteroatoms. The van der Waals surface area contributed by atoms with E-state index in [9.17, 15) is 9.59 Å². The van der Waals surface area contributed by atoms with Crippen molar-refractivity contribution in [3.05, 3.63) is 29.6 Å². The molecule has 2 saturated heterocycles. The topological polar surface area (TPSA) is 65.5 Å². The monoisotopic (exact) mass is 370 g/mol. The first-order chi connectivity index (χ1) is 13.1. The van der Waals surface area contributed by atoms with Crippen molar-refractivity contribution in [2.45, 2.75) is 57.5 Å². The largest absolute Gasteiger partial charge is 0.353 e. The highest BCUT2D eigenvalue weighted by molar-refractivity contribution is 5.95. The molecule has 1 aliphatic carbocycles. The average molecular weight is 370 g/mol. The Labute approximate surface area is 161 Å². The van der Waals surface area contributed by atoms with Crippen LogP contribution in [-0.4, -0.2) is 64.9 Å². The minimum atomic E-state index is 0.0966. The van der Waals surface area contributed by atoms with E-state index in [-0.39, 0.29) is 17.7 Å². The number of nitrogens with zero attached hydrogens (tertiary/aromatic N) is 3. The van der Waals surface area contributed by atoms with E-state index in [1.165, 1.54) is 0 Å². The molecule has 4 rings (SSSR count). The minimum absolute atomic E-state index is 0.0966. The van der Waals surface area contributed by atoms with Crippen molar-refractivity contribution in [1.29, 1.82) is 0 Å². The molecule has 3 heterocycles. The molecule has 2 aliphatic heterocycles. The molecule has 146 valence electrons. The van der Waals surface area contributed by atoms with Crippen molar-refractivity contribution >= 4 is 11.8 Å². The standard InChI is InChI=1S/C21H30N4O2/c1-15-6-9-22-13-19(15)21(27)24-11-7-18(8-12-24)25-10-2-3-16(14-25)20(26)23-17-4-5-17/h6,9,13,16-18H,2-5,7-8,10-12,14H2,1H3,(H,23,26)/t16-/m1/s1. The lowest BCUT2D eigenvalue weighted by atomic mass is 9.93. The maximum absolute atomic E-state index is 12.8. The number of aryl methyl sites for hydroxylation is 1. The summed E-state index contributed by atoms with van der Waals surface area (Å²) in [5.41, 5.74) is 1.70. The summed E-state index contributed by atoms with van der Waals surface area (Å²) in [6, 6.07) is 2.82. The van der Waals surface area contributed by atoms with Gasteiger partial charge in [-0.15, -0.1) is 0 Å². The highest BCUT2D eigenvalue weighted by atomic mass is 16.2. The lowest BCUT2D eigenvalue weighted by molar-refractivity contribution is -0.127. The fourth-order valence-corrected chi connectivity index (χ4v) is 4.39. The fourth-order valence-electron chi connectivity index (χ4n) is 4.39. The van der Waals surface area contributed by atoms with Crippen molar-refractivity contribution < 1.29 is 9.59 Å². The predicted octanol–water partition coefficient (Wildman–Crippen LogP) is 1.99. The van der Waals surface area contributed by atoms with E-state index in [1.54, 1.807) is 12.4 Å². The predicted molar refractivity (Wildman–Crippen MR) is 103 cm³/mol. The van der Waals surface area contributed by atoms with Gasteiger partial charge in [-0.05, 0) is 63.6 Å². The van der Waals surface area contributed by atoms with E-state index >= 15 is 0 Å². The molecular weight excluding hydrogens is 340 g/mol. The van der Waals surface area contributed by atoms with Gasteiger partial charge in [-0.25, -0.2) is 0 Å². The van der Waals surface area contributed by atoms with Gasteiger partial charge in [0.15, 0.2) is 0 Å². The second kappa shape index (κ2) is 7.97. The molecule has 0 aromatic carbocycles. The first kappa shape index (κ1) is 18.4. The first-order valence-corrected chi connectivity index (χ1v) is 10.4. The van der Waals surface area contributed by atoms with Crippen LogP contribution in [0.2, 0.25) is 0 Å². The summed E-state index contributed by atoms with van der Waals surface area (Å²) >= 11 is 0. The zero-order chi connectivity index (χ0) is 18.8. The van der Waals surface area contributed by atoms with Crippen LogP contribution in [0.4, 0.5) is 0 Å². The quantitative estimate of drug-likeness (QED) is 0.880. The number of carbonyl (C=O) groups excluding carboxylic acids is 2. The zero-order valence-corrected chi connectivity index (χ0v) is 16.2. The maximum atomic E-state index is 12.8. The number of hydrogen-bond donors (Lipinski definition) is 1. The number of piperidine rings is 2. The number of aromatic nitrogens is 1. The van der Waals surface area contributed by atoms with Gasteiger partial charge in [-0.3, -0.25) is 19.5 Å². The molecule has 1 atom stereocenters. The molecular formula is C21H30N4O2. The lowest BCUT2D eigenvalue weighted by Crippen LogP contribution is -2.51. The van der Waals surface area contributed by atoms with Gasteiger partial charge in [0.25, 0.3) is 5.91 Å². The summed E-state index contributed by atoms with van der Waals surface area (Å²) in [6.07, 6.45) is 9.77. The molecule has 1 aromatic rings. The number of pyridine rings is 1. The number of nitrogens with one attached hydrogen (secondary N) is 1. The Morgan fingerprint density at radius 1 is 1.11 bits per heavy atom. The van der Waals surface area contributed by atoms with Gasteiger partial charge in [0.1, 0.15) is 0 Å². The highest BCUT2D eigenvalue weighted by Crippen LogP contribution is 2.26. The molecule has 0 spiro atoms. The number of carbonyl (C=O) groups is 2. The molecule has 1 saturated carbocycles. The molecule has 1 N–H and O–H groups in total. The summed E-state index contributed by atoms with van der Waals surface area (Å²) in [4.78, 5) is 33.7. The number of hydrogen-bond acceptors (Lipinski definition) is 4. The van der Waals surface area contributed by atoms with Gasteiger partial charge in [0.2, 0.25) is 5.91 Å². The molecule has 2 amide bonds. The Kier molecular flexibility index (Phi) is 5.43. The van der Waals surface area contributed by atoms with E-state index in [0.29, 0.717) is 17.6 Å². The number of amides is 2. The zero-order valence-electron chi connectivity index (χ0n) is 16.2. The first-order valence-electron chi connectivity index (χ1n) is 10.4. The molecule has 6 nitrogen and oxygen atoms in total. The van der Waals surface area contributed by atoms with E-state index < -0.39 is 0 Å². The summed E-state index contributed by atoms with van der Waals surface area (Å²) in [6.45, 7) is 5.48. The molecule has 0 unspecified atom stereocenters. The summed E-state index contributed by atoms with van der Waals surface area (Å²) in [5.74, 6) is 0.485. The molecule has 1 aromatic heterocycles. The van der Waals surface area contributed by atoms with Crippen molar-refractivity contribution in [1.82, 2.24) is 20.1 Å². The second-order valence-electron chi connectivity index (χ2n) is 8.33. The summed E-state index contributed by atoms with van der Waals surface area (Å²) in [5, 5.41) is 3.17. The van der Waals surface area contributed by atoms with Crippen LogP contribution in [-0.2, 0) is 4.79 Å². The lowest BCUT2D eigenvalue weighted by Gasteiger charge is -2.42. The molecule has 0 bridgehead atoms. The molecule has 27 heavy (non-hydrogen) atoms. The van der Waals surface area contributed by atoms with E-state index in [1.807, 2.05) is 17.9 Å². The highest BCUT2D eigenvalue weighted by Gasteiger charge is 2.34. The van der Waals surface area contributed by atoms with E-state index in [2.05, 4.69) is 15.2 Å². The third kappa shape index (κ3) is 4.32. The number of likely N-dealkylation sites (tertiary alicyclic amines) is 2. The van der Waals surface area contributed by atoms with Crippen LogP contribution in [0.25, 0.3) is 0 Å². The molecule has 3 fully saturated rings. The Balaban J connectivity index is 1.30. The Hall–Kier alpha value is -1.95. The third-order valence-electron chi connectivity index (χ3n) is 6.28. The van der Waals surface area contributed by atoms with E-state index in [4.69, 9.17) is 0 Å². The van der Waals surface area contributed by atoms with Crippen molar-refractivity contribution in [3.63, 3.8) is 0 Å². The SMILES string of the molecule is Cc1ccncc1C(=O)N1CCC(N2CCC[C@@H](C(=O)NC3CC3)C2)CC1.